The van der Waals surface area contributed by atoms with E-state index in [-0.39, 0.29) is 29.9 Å². The smallest absolute Gasteiger partial charge is 0.255 e. The number of piperidine rings is 1. The third-order valence-corrected chi connectivity index (χ3v) is 6.46. The van der Waals surface area contributed by atoms with Gasteiger partial charge in [0.15, 0.2) is 11.6 Å². The maximum atomic E-state index is 15.4. The van der Waals surface area contributed by atoms with Gasteiger partial charge in [0, 0.05) is 44.0 Å². The summed E-state index contributed by atoms with van der Waals surface area (Å²) in [6.45, 7) is 11.5. The summed E-state index contributed by atoms with van der Waals surface area (Å²) in [5.41, 5.74) is 2.35. The van der Waals surface area contributed by atoms with E-state index in [0.717, 1.165) is 35.8 Å². The second-order valence-electron chi connectivity index (χ2n) is 7.64. The van der Waals surface area contributed by atoms with Gasteiger partial charge in [-0.1, -0.05) is 13.2 Å². The van der Waals surface area contributed by atoms with Crippen molar-refractivity contribution in [2.75, 3.05) is 30.4 Å². The van der Waals surface area contributed by atoms with Crippen LogP contribution in [0.1, 0.15) is 34.5 Å². The maximum absolute atomic E-state index is 15.4. The Morgan fingerprint density at radius 2 is 2.33 bits per heavy atom. The Labute approximate surface area is 179 Å². The fraction of sp³-hybridized carbons (Fsp3) is 0.381. The first kappa shape index (κ1) is 20.3. The molecule has 1 saturated heterocycles. The summed E-state index contributed by atoms with van der Waals surface area (Å²) in [5.74, 6) is -0.169. The van der Waals surface area contributed by atoms with Gasteiger partial charge in [-0.3, -0.25) is 4.79 Å². The summed E-state index contributed by atoms with van der Waals surface area (Å²) in [7, 11) is 1.85. The molecule has 7 nitrogen and oxygen atoms in total. The Balaban J connectivity index is 1.69. The van der Waals surface area contributed by atoms with E-state index in [1.165, 1.54) is 11.5 Å². The van der Waals surface area contributed by atoms with Crippen molar-refractivity contribution < 1.29 is 9.18 Å². The van der Waals surface area contributed by atoms with Gasteiger partial charge in [-0.05, 0) is 43.4 Å². The second-order valence-corrected chi connectivity index (χ2v) is 8.45. The number of nitrogens with zero attached hydrogens (tertiary/aromatic N) is 4. The van der Waals surface area contributed by atoms with Crippen molar-refractivity contribution in [3.8, 4) is 0 Å². The summed E-state index contributed by atoms with van der Waals surface area (Å²) in [6.07, 6.45) is 3.64. The fourth-order valence-corrected chi connectivity index (χ4v) is 4.62. The van der Waals surface area contributed by atoms with E-state index >= 15 is 4.39 Å². The molecule has 2 N–H and O–H groups in total. The Morgan fingerprint density at radius 1 is 1.53 bits per heavy atom. The summed E-state index contributed by atoms with van der Waals surface area (Å²) in [6, 6.07) is 1.94. The highest BCUT2D eigenvalue weighted by Gasteiger charge is 2.33. The third-order valence-electron chi connectivity index (χ3n) is 5.66. The number of halogens is 1. The van der Waals surface area contributed by atoms with Crippen molar-refractivity contribution in [3.63, 3.8) is 0 Å². The molecular weight excluding hydrogens is 403 g/mol. The summed E-state index contributed by atoms with van der Waals surface area (Å²) >= 11 is 1.28. The molecule has 1 unspecified atom stereocenters. The zero-order valence-electron chi connectivity index (χ0n) is 17.2. The zero-order valence-corrected chi connectivity index (χ0v) is 18.0. The molecule has 2 aliphatic rings. The van der Waals surface area contributed by atoms with Crippen LogP contribution in [-0.4, -0.2) is 46.3 Å². The topological polar surface area (TPSA) is 73.4 Å². The molecular formula is C21H25FN6OS. The molecule has 9 heteroatoms. The average Bonchev–Trinajstić information content (AvgIpc) is 3.34. The largest absolute Gasteiger partial charge is 0.370 e. The predicted octanol–water partition coefficient (Wildman–Crippen LogP) is 3.57. The molecule has 2 aromatic heterocycles. The monoisotopic (exact) mass is 428 g/mol. The summed E-state index contributed by atoms with van der Waals surface area (Å²) in [5, 5.41) is 6.64. The Morgan fingerprint density at radius 3 is 3.03 bits per heavy atom. The lowest BCUT2D eigenvalue weighted by Crippen LogP contribution is -2.46. The van der Waals surface area contributed by atoms with Gasteiger partial charge in [0.1, 0.15) is 10.8 Å². The number of aromatic nitrogens is 2. The molecule has 2 aliphatic heterocycles. The van der Waals surface area contributed by atoms with Crippen molar-refractivity contribution in [2.24, 2.45) is 0 Å². The minimum atomic E-state index is -0.448. The van der Waals surface area contributed by atoms with E-state index in [0.29, 0.717) is 17.9 Å². The van der Waals surface area contributed by atoms with Crippen LogP contribution < -0.4 is 15.5 Å². The molecule has 0 aromatic carbocycles. The number of anilines is 3. The maximum Gasteiger partial charge on any atom is 0.255 e. The molecule has 0 spiro atoms. The standard InChI is InChI=1S/C21H25FN6OS/c1-5-13(3)28-8-6-7-14(11-28)27(4)20-18(22)15-10-23-21(29)17(15)19(25-20)24-16-9-12(2)26-30-16/h5,9,14H,1,3,6-8,10-11H2,2,4H3,(H,23,29)(H,24,25). The molecule has 1 amide bonds. The number of carbonyl (C=O) groups excluding carboxylic acids is 1. The highest BCUT2D eigenvalue weighted by atomic mass is 32.1. The van der Waals surface area contributed by atoms with Gasteiger partial charge in [0.2, 0.25) is 0 Å². The second kappa shape index (κ2) is 8.06. The van der Waals surface area contributed by atoms with Crippen LogP contribution in [0, 0.1) is 12.7 Å². The van der Waals surface area contributed by atoms with E-state index in [4.69, 9.17) is 0 Å². The van der Waals surface area contributed by atoms with Crippen LogP contribution in [0.3, 0.4) is 0 Å². The molecule has 0 radical (unpaired) electrons. The molecule has 1 atom stereocenters. The van der Waals surface area contributed by atoms with Crippen molar-refractivity contribution in [2.45, 2.75) is 32.4 Å². The third kappa shape index (κ3) is 3.65. The Kier molecular flexibility index (Phi) is 5.46. The normalized spacial score (nSPS) is 18.0. The van der Waals surface area contributed by atoms with Crippen molar-refractivity contribution in [1.29, 1.82) is 0 Å². The van der Waals surface area contributed by atoms with Crippen LogP contribution in [0.2, 0.25) is 0 Å². The number of pyridine rings is 1. The van der Waals surface area contributed by atoms with E-state index in [9.17, 15) is 4.79 Å². The van der Waals surface area contributed by atoms with E-state index in [1.807, 2.05) is 24.9 Å². The Hall–Kier alpha value is -2.94. The molecule has 30 heavy (non-hydrogen) atoms. The van der Waals surface area contributed by atoms with E-state index in [1.54, 1.807) is 6.08 Å². The molecule has 4 rings (SSSR count). The number of carbonyl (C=O) groups is 1. The lowest BCUT2D eigenvalue weighted by atomic mass is 10.0. The molecule has 0 aliphatic carbocycles. The van der Waals surface area contributed by atoms with Crippen molar-refractivity contribution in [1.82, 2.24) is 19.6 Å². The van der Waals surface area contributed by atoms with Gasteiger partial charge in [-0.25, -0.2) is 9.37 Å². The number of rotatable bonds is 6. The van der Waals surface area contributed by atoms with Crippen molar-refractivity contribution in [3.05, 3.63) is 53.6 Å². The number of aryl methyl sites for hydroxylation is 1. The van der Waals surface area contributed by atoms with Crippen LogP contribution in [-0.2, 0) is 6.54 Å². The fourth-order valence-electron chi connectivity index (χ4n) is 3.96. The quantitative estimate of drug-likeness (QED) is 0.686. The minimum Gasteiger partial charge on any atom is -0.370 e. The first-order valence-electron chi connectivity index (χ1n) is 9.89. The molecule has 1 fully saturated rings. The summed E-state index contributed by atoms with van der Waals surface area (Å²) < 4.78 is 19.7. The number of hydrogen-bond acceptors (Lipinski definition) is 7. The number of allylic oxidation sites excluding steroid dienone is 1. The number of fused-ring (bicyclic) bond motifs is 1. The summed E-state index contributed by atoms with van der Waals surface area (Å²) in [4.78, 5) is 21.0. The van der Waals surface area contributed by atoms with Gasteiger partial charge in [-0.2, -0.15) is 4.37 Å². The highest BCUT2D eigenvalue weighted by molar-refractivity contribution is 7.10. The number of likely N-dealkylation sites (tertiary alicyclic amines) is 1. The van der Waals surface area contributed by atoms with Gasteiger partial charge in [-0.15, -0.1) is 0 Å². The number of amides is 1. The average molecular weight is 429 g/mol. The van der Waals surface area contributed by atoms with Crippen LogP contribution in [0.25, 0.3) is 0 Å². The van der Waals surface area contributed by atoms with E-state index in [2.05, 4.69) is 38.0 Å². The number of hydrogen-bond donors (Lipinski definition) is 2. The number of likely N-dealkylation sites (N-methyl/N-ethyl adjacent to an activating group) is 1. The lowest BCUT2D eigenvalue weighted by Gasteiger charge is -2.39. The van der Waals surface area contributed by atoms with Gasteiger partial charge < -0.3 is 20.4 Å². The first-order valence-corrected chi connectivity index (χ1v) is 10.7. The zero-order chi connectivity index (χ0) is 21.4. The molecule has 4 heterocycles. The lowest BCUT2D eigenvalue weighted by molar-refractivity contribution is 0.0966. The molecule has 2 aromatic rings. The molecule has 158 valence electrons. The first-order chi connectivity index (χ1) is 14.4. The predicted molar refractivity (Wildman–Crippen MR) is 118 cm³/mol. The highest BCUT2D eigenvalue weighted by Crippen LogP contribution is 2.35. The SMILES string of the molecule is C=CC(=C)N1CCCC(N(C)c2nc(Nc3cc(C)ns3)c3c(c2F)CNC3=O)C1. The van der Waals surface area contributed by atoms with Crippen LogP contribution in [0.5, 0.6) is 0 Å². The number of nitrogens with one attached hydrogen (secondary N) is 2. The van der Waals surface area contributed by atoms with Crippen LogP contribution >= 0.6 is 11.5 Å². The van der Waals surface area contributed by atoms with Crippen LogP contribution in [0.15, 0.2) is 31.0 Å². The van der Waals surface area contributed by atoms with E-state index < -0.39 is 5.82 Å². The van der Waals surface area contributed by atoms with Gasteiger partial charge in [0.25, 0.3) is 5.91 Å². The van der Waals surface area contributed by atoms with Crippen LogP contribution in [0.4, 0.5) is 21.0 Å². The van der Waals surface area contributed by atoms with Gasteiger partial charge >= 0.3 is 0 Å². The minimum absolute atomic E-state index is 0.0686. The Bertz CT molecular complexity index is 1020. The van der Waals surface area contributed by atoms with Gasteiger partial charge in [0.05, 0.1) is 11.3 Å². The molecule has 0 bridgehead atoms. The van der Waals surface area contributed by atoms with Crippen molar-refractivity contribution >= 4 is 34.1 Å². The molecule has 0 saturated carbocycles.